The summed E-state index contributed by atoms with van der Waals surface area (Å²) in [5.74, 6) is 0. The third-order valence-electron chi connectivity index (χ3n) is 2.30. The van der Waals surface area contributed by atoms with E-state index in [0.717, 1.165) is 16.9 Å². The maximum Gasteiger partial charge on any atom is 0.158 e. The number of H-pyrrole nitrogens is 1. The molecule has 0 bridgehead atoms. The minimum Gasteiger partial charge on any atom is -0.341 e. The quantitative estimate of drug-likeness (QED) is 0.680. The van der Waals surface area contributed by atoms with Crippen molar-refractivity contribution >= 4 is 23.6 Å². The van der Waals surface area contributed by atoms with E-state index in [0.29, 0.717) is 6.04 Å². The van der Waals surface area contributed by atoms with Crippen molar-refractivity contribution in [2.45, 2.75) is 32.4 Å². The molecule has 4 heteroatoms. The van der Waals surface area contributed by atoms with Gasteiger partial charge in [-0.25, -0.2) is 0 Å². The molecule has 1 unspecified atom stereocenters. The number of hydrogen-bond donors (Lipinski definition) is 2. The highest BCUT2D eigenvalue weighted by Gasteiger charge is 2.17. The van der Waals surface area contributed by atoms with Crippen LogP contribution in [0.2, 0.25) is 0 Å². The first-order chi connectivity index (χ1) is 5.79. The van der Waals surface area contributed by atoms with Crippen molar-refractivity contribution in [3.05, 3.63) is 14.5 Å². The molecule has 0 spiro atoms. The molecule has 0 aliphatic carbocycles. The maximum absolute atomic E-state index is 5.09. The number of thiazole rings is 1. The summed E-state index contributed by atoms with van der Waals surface area (Å²) in [5.41, 5.74) is 1.36. The van der Waals surface area contributed by atoms with Gasteiger partial charge in [-0.1, -0.05) is 6.92 Å². The smallest absolute Gasteiger partial charge is 0.158 e. The summed E-state index contributed by atoms with van der Waals surface area (Å²) in [5, 5.41) is 3.48. The second kappa shape index (κ2) is 3.28. The lowest BCUT2D eigenvalue weighted by Gasteiger charge is -2.21. The summed E-state index contributed by atoms with van der Waals surface area (Å²) in [7, 11) is 0. The number of rotatable bonds is 1. The minimum atomic E-state index is 0.637. The van der Waals surface area contributed by atoms with Crippen LogP contribution in [0.5, 0.6) is 0 Å². The molecular weight excluding hydrogens is 188 g/mol. The van der Waals surface area contributed by atoms with Gasteiger partial charge in [-0.2, -0.15) is 0 Å². The SMILES string of the molecule is CCC1Cc2[nH]c(=S)sc2CN1. The molecule has 0 radical (unpaired) electrons. The molecule has 0 saturated heterocycles. The minimum absolute atomic E-state index is 0.637. The van der Waals surface area contributed by atoms with Crippen LogP contribution < -0.4 is 5.32 Å². The standard InChI is InChI=1S/C8H12N2S2/c1-2-5-3-6-7(4-9-5)12-8(11)10-6/h5,9H,2-4H2,1H3,(H,10,11). The van der Waals surface area contributed by atoms with Crippen LogP contribution in [0.1, 0.15) is 23.9 Å². The van der Waals surface area contributed by atoms with Crippen LogP contribution in [0.25, 0.3) is 0 Å². The Kier molecular flexibility index (Phi) is 2.30. The summed E-state index contributed by atoms with van der Waals surface area (Å²) in [4.78, 5) is 4.65. The van der Waals surface area contributed by atoms with Crippen molar-refractivity contribution in [3.8, 4) is 0 Å². The lowest BCUT2D eigenvalue weighted by molar-refractivity contribution is 0.467. The van der Waals surface area contributed by atoms with Crippen LogP contribution in [-0.4, -0.2) is 11.0 Å². The second-order valence-electron chi connectivity index (χ2n) is 3.11. The van der Waals surface area contributed by atoms with E-state index in [1.807, 2.05) is 0 Å². The van der Waals surface area contributed by atoms with Gasteiger partial charge in [0.15, 0.2) is 3.95 Å². The van der Waals surface area contributed by atoms with E-state index in [1.165, 1.54) is 17.0 Å². The van der Waals surface area contributed by atoms with Crippen LogP contribution in [0, 0.1) is 3.95 Å². The Hall–Kier alpha value is -0.190. The Morgan fingerprint density at radius 3 is 3.25 bits per heavy atom. The van der Waals surface area contributed by atoms with Crippen LogP contribution in [0.4, 0.5) is 0 Å². The highest BCUT2D eigenvalue weighted by molar-refractivity contribution is 7.73. The van der Waals surface area contributed by atoms with E-state index in [4.69, 9.17) is 12.2 Å². The fraction of sp³-hybridized carbons (Fsp3) is 0.625. The van der Waals surface area contributed by atoms with E-state index in [2.05, 4.69) is 17.2 Å². The molecule has 2 heterocycles. The number of fused-ring (bicyclic) bond motifs is 1. The molecule has 1 aromatic heterocycles. The maximum atomic E-state index is 5.09. The van der Waals surface area contributed by atoms with Gasteiger partial charge in [-0.15, -0.1) is 11.3 Å². The summed E-state index contributed by atoms with van der Waals surface area (Å²) in [6.07, 6.45) is 2.30. The lowest BCUT2D eigenvalue weighted by Crippen LogP contribution is -2.34. The Balaban J connectivity index is 2.28. The monoisotopic (exact) mass is 200 g/mol. The van der Waals surface area contributed by atoms with E-state index >= 15 is 0 Å². The van der Waals surface area contributed by atoms with Gasteiger partial charge in [0.25, 0.3) is 0 Å². The van der Waals surface area contributed by atoms with Crippen LogP contribution in [0.3, 0.4) is 0 Å². The molecular formula is C8H12N2S2. The number of nitrogens with one attached hydrogen (secondary N) is 2. The number of aromatic amines is 1. The fourth-order valence-corrected chi connectivity index (χ4v) is 2.78. The first-order valence-corrected chi connectivity index (χ1v) is 5.46. The van der Waals surface area contributed by atoms with Crippen LogP contribution in [0.15, 0.2) is 0 Å². The molecule has 2 nitrogen and oxygen atoms in total. The normalized spacial score (nSPS) is 22.2. The van der Waals surface area contributed by atoms with Gasteiger partial charge in [-0.3, -0.25) is 0 Å². The largest absolute Gasteiger partial charge is 0.341 e. The van der Waals surface area contributed by atoms with Gasteiger partial charge >= 0.3 is 0 Å². The van der Waals surface area contributed by atoms with Crippen molar-refractivity contribution in [3.63, 3.8) is 0 Å². The Morgan fingerprint density at radius 2 is 2.50 bits per heavy atom. The predicted molar refractivity (Wildman–Crippen MR) is 54.1 cm³/mol. The van der Waals surface area contributed by atoms with Crippen molar-refractivity contribution < 1.29 is 0 Å². The molecule has 66 valence electrons. The van der Waals surface area contributed by atoms with Crippen molar-refractivity contribution in [1.82, 2.24) is 10.3 Å². The topological polar surface area (TPSA) is 27.8 Å². The zero-order valence-electron chi connectivity index (χ0n) is 7.02. The van der Waals surface area contributed by atoms with E-state index in [9.17, 15) is 0 Å². The molecule has 2 N–H and O–H groups in total. The summed E-state index contributed by atoms with van der Waals surface area (Å²) in [6.45, 7) is 3.20. The summed E-state index contributed by atoms with van der Waals surface area (Å²) < 4.78 is 0.915. The third-order valence-corrected chi connectivity index (χ3v) is 3.58. The second-order valence-corrected chi connectivity index (χ2v) is 4.88. The molecule has 0 fully saturated rings. The zero-order chi connectivity index (χ0) is 8.55. The van der Waals surface area contributed by atoms with E-state index in [1.54, 1.807) is 11.3 Å². The molecule has 0 aromatic carbocycles. The van der Waals surface area contributed by atoms with Gasteiger partial charge in [0.1, 0.15) is 0 Å². The highest BCUT2D eigenvalue weighted by Crippen LogP contribution is 2.21. The van der Waals surface area contributed by atoms with Gasteiger partial charge in [0.05, 0.1) is 0 Å². The predicted octanol–water partition coefficient (Wildman–Crippen LogP) is 2.23. The molecule has 1 atom stereocenters. The lowest BCUT2D eigenvalue weighted by atomic mass is 10.0. The molecule has 1 aliphatic heterocycles. The van der Waals surface area contributed by atoms with E-state index < -0.39 is 0 Å². The van der Waals surface area contributed by atoms with Gasteiger partial charge in [0.2, 0.25) is 0 Å². The Bertz CT molecular complexity index is 326. The first-order valence-electron chi connectivity index (χ1n) is 4.24. The Labute approximate surface area is 81.0 Å². The third kappa shape index (κ3) is 1.46. The average Bonchev–Trinajstić information content (AvgIpc) is 2.43. The highest BCUT2D eigenvalue weighted by atomic mass is 32.1. The van der Waals surface area contributed by atoms with Gasteiger partial charge in [0, 0.05) is 29.6 Å². The number of aromatic nitrogens is 1. The number of hydrogen-bond acceptors (Lipinski definition) is 3. The fourth-order valence-electron chi connectivity index (χ4n) is 1.54. The van der Waals surface area contributed by atoms with Crippen LogP contribution in [-0.2, 0) is 13.0 Å². The molecule has 1 aromatic rings. The van der Waals surface area contributed by atoms with Crippen molar-refractivity contribution in [2.75, 3.05) is 0 Å². The first kappa shape index (κ1) is 8.41. The molecule has 0 saturated carbocycles. The van der Waals surface area contributed by atoms with Gasteiger partial charge < -0.3 is 10.3 Å². The van der Waals surface area contributed by atoms with Crippen LogP contribution >= 0.6 is 23.6 Å². The van der Waals surface area contributed by atoms with E-state index in [-0.39, 0.29) is 0 Å². The van der Waals surface area contributed by atoms with Crippen molar-refractivity contribution in [1.29, 1.82) is 0 Å². The van der Waals surface area contributed by atoms with Crippen molar-refractivity contribution in [2.24, 2.45) is 0 Å². The zero-order valence-corrected chi connectivity index (χ0v) is 8.65. The summed E-state index contributed by atoms with van der Waals surface area (Å²) in [6, 6.07) is 0.637. The molecule has 0 amide bonds. The van der Waals surface area contributed by atoms with Gasteiger partial charge in [-0.05, 0) is 18.6 Å². The molecule has 1 aliphatic rings. The summed E-state index contributed by atoms with van der Waals surface area (Å²) >= 11 is 6.79. The molecule has 2 rings (SSSR count). The average molecular weight is 200 g/mol. The Morgan fingerprint density at radius 1 is 1.67 bits per heavy atom. The molecule has 12 heavy (non-hydrogen) atoms.